The van der Waals surface area contributed by atoms with Gasteiger partial charge in [0.05, 0.1) is 30.2 Å². The highest BCUT2D eigenvalue weighted by molar-refractivity contribution is 7.89. The predicted octanol–water partition coefficient (Wildman–Crippen LogP) is 4.26. The van der Waals surface area contributed by atoms with Crippen LogP contribution in [0.3, 0.4) is 0 Å². The number of sulfonamides is 1. The summed E-state index contributed by atoms with van der Waals surface area (Å²) in [5.74, 6) is -0.270. The molecule has 1 heterocycles. The van der Waals surface area contributed by atoms with Gasteiger partial charge in [-0.3, -0.25) is 9.59 Å². The van der Waals surface area contributed by atoms with Gasteiger partial charge in [0.25, 0.3) is 0 Å². The Balaban J connectivity index is 1.37. The number of amides is 2. The van der Waals surface area contributed by atoms with Crippen LogP contribution in [0, 0.1) is 11.3 Å². The minimum absolute atomic E-state index is 0.0110. The van der Waals surface area contributed by atoms with Gasteiger partial charge in [0.2, 0.25) is 21.8 Å². The Bertz CT molecular complexity index is 1800. The van der Waals surface area contributed by atoms with Crippen molar-refractivity contribution in [1.82, 2.24) is 14.5 Å². The number of fused-ring (bicyclic) bond motifs is 1. The second-order valence-corrected chi connectivity index (χ2v) is 12.6. The fourth-order valence-electron chi connectivity index (χ4n) is 5.46. The highest BCUT2D eigenvalue weighted by Gasteiger charge is 2.42. The maximum atomic E-state index is 14.2. The minimum atomic E-state index is -4.26. The van der Waals surface area contributed by atoms with Crippen LogP contribution in [0.1, 0.15) is 29.5 Å². The average molecular weight is 611 g/mol. The van der Waals surface area contributed by atoms with E-state index in [0.29, 0.717) is 36.2 Å². The van der Waals surface area contributed by atoms with Crippen molar-refractivity contribution in [3.05, 3.63) is 108 Å². The van der Waals surface area contributed by atoms with Gasteiger partial charge in [-0.1, -0.05) is 54.6 Å². The average Bonchev–Trinajstić information content (AvgIpc) is 3.40. The van der Waals surface area contributed by atoms with Gasteiger partial charge < -0.3 is 15.0 Å². The van der Waals surface area contributed by atoms with Crippen molar-refractivity contribution in [3.8, 4) is 11.8 Å². The van der Waals surface area contributed by atoms with E-state index in [2.05, 4.69) is 11.4 Å². The van der Waals surface area contributed by atoms with Crippen LogP contribution < -0.4 is 10.1 Å². The van der Waals surface area contributed by atoms with Crippen LogP contribution in [-0.4, -0.2) is 62.2 Å². The molecule has 0 radical (unpaired) electrons. The number of carbonyl (C=O) groups excluding carboxylic acids is 2. The summed E-state index contributed by atoms with van der Waals surface area (Å²) in [6, 6.07) is 28.0. The second kappa shape index (κ2) is 13.7. The zero-order chi connectivity index (χ0) is 31.1. The first-order valence-corrected chi connectivity index (χ1v) is 15.9. The number of hydrogen-bond acceptors (Lipinski definition) is 6. The number of nitrogens with one attached hydrogen (secondary N) is 1. The maximum Gasteiger partial charge on any atom is 0.244 e. The third-order valence-corrected chi connectivity index (χ3v) is 9.63. The standard InChI is InChI=1S/C34H34N4O5S/c1-43-30-14-12-28-13-15-31(21-29(28)20-30)44(41,42)38(24-33(39)36-17-6-11-25-7-3-2-4-8-25)32-16-18-37(34(32)40)23-27-10-5-9-26(19-27)22-35/h2-5,7-10,12-15,19-21,32H,6,11,16-18,23-24H2,1H3,(H,36,39)/t32-/m0/s1. The highest BCUT2D eigenvalue weighted by Crippen LogP contribution is 2.29. The van der Waals surface area contributed by atoms with Crippen molar-refractivity contribution in [2.24, 2.45) is 0 Å². The summed E-state index contributed by atoms with van der Waals surface area (Å²) in [6.45, 7) is 0.440. The number of methoxy groups -OCH3 is 1. The third-order valence-electron chi connectivity index (χ3n) is 7.78. The second-order valence-electron chi connectivity index (χ2n) is 10.7. The van der Waals surface area contributed by atoms with Gasteiger partial charge in [-0.25, -0.2) is 8.42 Å². The van der Waals surface area contributed by atoms with E-state index in [9.17, 15) is 23.3 Å². The summed E-state index contributed by atoms with van der Waals surface area (Å²) >= 11 is 0. The van der Waals surface area contributed by atoms with Crippen molar-refractivity contribution in [2.45, 2.75) is 36.7 Å². The van der Waals surface area contributed by atoms with Crippen LogP contribution in [0.25, 0.3) is 10.8 Å². The molecule has 0 spiro atoms. The number of hydrogen-bond donors (Lipinski definition) is 1. The zero-order valence-electron chi connectivity index (χ0n) is 24.5. The fourth-order valence-corrected chi connectivity index (χ4v) is 7.06. The zero-order valence-corrected chi connectivity index (χ0v) is 25.3. The SMILES string of the molecule is COc1ccc2ccc(S(=O)(=O)N(CC(=O)NCCCc3ccccc3)[C@H]3CCN(Cc4cccc(C#N)c4)C3=O)cc2c1. The predicted molar refractivity (Wildman–Crippen MR) is 167 cm³/mol. The summed E-state index contributed by atoms with van der Waals surface area (Å²) in [5, 5.41) is 13.6. The minimum Gasteiger partial charge on any atom is -0.497 e. The molecule has 4 aromatic rings. The quantitative estimate of drug-likeness (QED) is 0.240. The highest BCUT2D eigenvalue weighted by atomic mass is 32.2. The molecule has 226 valence electrons. The molecule has 1 fully saturated rings. The number of aryl methyl sites for hydroxylation is 1. The molecule has 10 heteroatoms. The van der Waals surface area contributed by atoms with E-state index in [1.807, 2.05) is 42.5 Å². The van der Waals surface area contributed by atoms with Crippen molar-refractivity contribution in [2.75, 3.05) is 26.7 Å². The van der Waals surface area contributed by atoms with Crippen LogP contribution >= 0.6 is 0 Å². The monoisotopic (exact) mass is 610 g/mol. The molecule has 4 aromatic carbocycles. The summed E-state index contributed by atoms with van der Waals surface area (Å²) in [7, 11) is -2.73. The Morgan fingerprint density at radius 3 is 2.55 bits per heavy atom. The van der Waals surface area contributed by atoms with Gasteiger partial charge in [-0.2, -0.15) is 9.57 Å². The summed E-state index contributed by atoms with van der Waals surface area (Å²) in [4.78, 5) is 28.4. The first-order chi connectivity index (χ1) is 21.3. The van der Waals surface area contributed by atoms with Crippen molar-refractivity contribution < 1.29 is 22.7 Å². The molecule has 0 saturated carbocycles. The fraction of sp³-hybridized carbons (Fsp3) is 0.265. The molecule has 2 amide bonds. The summed E-state index contributed by atoms with van der Waals surface area (Å²) < 4.78 is 34.7. The molecule has 0 bridgehead atoms. The van der Waals surface area contributed by atoms with Gasteiger partial charge in [0.15, 0.2) is 0 Å². The Kier molecular flexibility index (Phi) is 9.58. The molecule has 1 atom stereocenters. The van der Waals surface area contributed by atoms with E-state index in [0.717, 1.165) is 27.2 Å². The lowest BCUT2D eigenvalue weighted by molar-refractivity contribution is -0.131. The number of carbonyl (C=O) groups is 2. The van der Waals surface area contributed by atoms with E-state index in [1.54, 1.807) is 47.4 Å². The number of benzene rings is 4. The van der Waals surface area contributed by atoms with Gasteiger partial charge in [0.1, 0.15) is 11.8 Å². The molecule has 44 heavy (non-hydrogen) atoms. The van der Waals surface area contributed by atoms with Crippen LogP contribution in [0.5, 0.6) is 5.75 Å². The Morgan fingerprint density at radius 2 is 1.77 bits per heavy atom. The van der Waals surface area contributed by atoms with Crippen LogP contribution in [0.4, 0.5) is 0 Å². The van der Waals surface area contributed by atoms with E-state index < -0.39 is 28.5 Å². The Labute approximate surface area is 257 Å². The van der Waals surface area contributed by atoms with E-state index in [4.69, 9.17) is 4.74 Å². The van der Waals surface area contributed by atoms with E-state index in [-0.39, 0.29) is 23.8 Å². The molecule has 0 aromatic heterocycles. The lowest BCUT2D eigenvalue weighted by atomic mass is 10.1. The molecule has 0 unspecified atom stereocenters. The molecule has 1 saturated heterocycles. The molecular weight excluding hydrogens is 576 g/mol. The number of nitrogens with zero attached hydrogens (tertiary/aromatic N) is 3. The Hall–Kier alpha value is -4.72. The van der Waals surface area contributed by atoms with Crippen molar-refractivity contribution in [3.63, 3.8) is 0 Å². The molecule has 5 rings (SSSR count). The number of rotatable bonds is 12. The normalized spacial score (nSPS) is 15.0. The number of ether oxygens (including phenoxy) is 1. The van der Waals surface area contributed by atoms with E-state index >= 15 is 0 Å². The van der Waals surface area contributed by atoms with Gasteiger partial charge in [-0.15, -0.1) is 0 Å². The van der Waals surface area contributed by atoms with Crippen LogP contribution in [0.2, 0.25) is 0 Å². The first kappa shape index (κ1) is 30.7. The third kappa shape index (κ3) is 7.08. The lowest BCUT2D eigenvalue weighted by Gasteiger charge is -2.27. The smallest absolute Gasteiger partial charge is 0.244 e. The van der Waals surface area contributed by atoms with E-state index in [1.165, 1.54) is 13.2 Å². The largest absolute Gasteiger partial charge is 0.497 e. The van der Waals surface area contributed by atoms with Crippen LogP contribution in [-0.2, 0) is 32.6 Å². The molecule has 9 nitrogen and oxygen atoms in total. The molecular formula is C34H34N4O5S. The van der Waals surface area contributed by atoms with Gasteiger partial charge in [-0.05, 0) is 77.6 Å². The van der Waals surface area contributed by atoms with Gasteiger partial charge in [0, 0.05) is 19.6 Å². The van der Waals surface area contributed by atoms with Gasteiger partial charge >= 0.3 is 0 Å². The lowest BCUT2D eigenvalue weighted by Crippen LogP contribution is -2.49. The Morgan fingerprint density at radius 1 is 1.00 bits per heavy atom. The van der Waals surface area contributed by atoms with Crippen LogP contribution in [0.15, 0.2) is 95.9 Å². The number of likely N-dealkylation sites (tertiary alicyclic amines) is 1. The molecule has 0 aliphatic carbocycles. The first-order valence-electron chi connectivity index (χ1n) is 14.5. The molecule has 1 N–H and O–H groups in total. The maximum absolute atomic E-state index is 14.2. The summed E-state index contributed by atoms with van der Waals surface area (Å²) in [5.41, 5.74) is 2.40. The summed E-state index contributed by atoms with van der Waals surface area (Å²) in [6.07, 6.45) is 1.69. The van der Waals surface area contributed by atoms with Crippen molar-refractivity contribution in [1.29, 1.82) is 5.26 Å². The molecule has 1 aliphatic heterocycles. The number of nitriles is 1. The molecule has 1 aliphatic rings. The topological polar surface area (TPSA) is 120 Å². The van der Waals surface area contributed by atoms with Crippen molar-refractivity contribution >= 4 is 32.6 Å².